The average Bonchev–Trinajstić information content (AvgIpc) is 2.02. The molecule has 0 radical (unpaired) electrons. The molecule has 0 atom stereocenters. The van der Waals surface area contributed by atoms with Crippen molar-refractivity contribution in [3.05, 3.63) is 28.2 Å². The zero-order chi connectivity index (χ0) is 9.84. The van der Waals surface area contributed by atoms with Gasteiger partial charge in [0, 0.05) is 11.0 Å². The van der Waals surface area contributed by atoms with Crippen molar-refractivity contribution in [2.24, 2.45) is 5.73 Å². The van der Waals surface area contributed by atoms with Crippen LogP contribution in [0.3, 0.4) is 0 Å². The molecule has 0 unspecified atom stereocenters. The molecule has 1 aromatic carbocycles. The zero-order valence-corrected chi connectivity index (χ0v) is 8.27. The molecule has 0 aliphatic heterocycles. The number of benzene rings is 1. The molecular weight excluding hydrogens is 244 g/mol. The second kappa shape index (κ2) is 4.53. The molecule has 5 heteroatoms. The maximum absolute atomic E-state index is 13.0. The van der Waals surface area contributed by atoms with Crippen molar-refractivity contribution in [2.75, 3.05) is 13.2 Å². The fourth-order valence-corrected chi connectivity index (χ4v) is 1.23. The molecule has 0 fully saturated rings. The highest BCUT2D eigenvalue weighted by atomic mass is 79.9. The highest BCUT2D eigenvalue weighted by Gasteiger charge is 2.10. The summed E-state index contributed by atoms with van der Waals surface area (Å²) in [6, 6.07) is 2.27. The van der Waals surface area contributed by atoms with Crippen molar-refractivity contribution in [1.82, 2.24) is 0 Å². The molecule has 0 spiro atoms. The van der Waals surface area contributed by atoms with Crippen molar-refractivity contribution in [2.45, 2.75) is 0 Å². The van der Waals surface area contributed by atoms with Crippen LogP contribution in [0, 0.1) is 11.6 Å². The van der Waals surface area contributed by atoms with Gasteiger partial charge < -0.3 is 10.5 Å². The lowest BCUT2D eigenvalue weighted by Crippen LogP contribution is -2.12. The third kappa shape index (κ3) is 2.63. The van der Waals surface area contributed by atoms with Crippen molar-refractivity contribution in [1.29, 1.82) is 0 Å². The van der Waals surface area contributed by atoms with Gasteiger partial charge in [-0.1, -0.05) is 15.9 Å². The number of hydrogen-bond donors (Lipinski definition) is 1. The van der Waals surface area contributed by atoms with Gasteiger partial charge in [-0.15, -0.1) is 0 Å². The molecule has 72 valence electrons. The third-order valence-electron chi connectivity index (χ3n) is 1.33. The summed E-state index contributed by atoms with van der Waals surface area (Å²) in [6.07, 6.45) is 0. The average molecular weight is 252 g/mol. The molecule has 1 rings (SSSR count). The lowest BCUT2D eigenvalue weighted by Gasteiger charge is -2.06. The maximum atomic E-state index is 13.0. The van der Waals surface area contributed by atoms with Gasteiger partial charge in [-0.3, -0.25) is 0 Å². The molecule has 13 heavy (non-hydrogen) atoms. The van der Waals surface area contributed by atoms with E-state index in [1.54, 1.807) is 0 Å². The van der Waals surface area contributed by atoms with E-state index in [4.69, 9.17) is 10.5 Å². The predicted octanol–water partition coefficient (Wildman–Crippen LogP) is 2.06. The molecule has 0 aromatic heterocycles. The normalized spacial score (nSPS) is 10.2. The minimum absolute atomic E-state index is 0.0927. The minimum atomic E-state index is -0.736. The Labute approximate surface area is 82.8 Å². The Bertz CT molecular complexity index is 283. The number of nitrogens with two attached hydrogens (primary N) is 1. The van der Waals surface area contributed by atoms with E-state index < -0.39 is 11.6 Å². The van der Waals surface area contributed by atoms with E-state index in [9.17, 15) is 8.78 Å². The van der Waals surface area contributed by atoms with Crippen LogP contribution < -0.4 is 10.5 Å². The quantitative estimate of drug-likeness (QED) is 0.893. The van der Waals surface area contributed by atoms with E-state index in [2.05, 4.69) is 15.9 Å². The lowest BCUT2D eigenvalue weighted by molar-refractivity contribution is 0.293. The summed E-state index contributed by atoms with van der Waals surface area (Å²) in [5, 5.41) is 0. The summed E-state index contributed by atoms with van der Waals surface area (Å²) < 4.78 is 31.1. The van der Waals surface area contributed by atoms with Gasteiger partial charge in [0.25, 0.3) is 0 Å². The summed E-state index contributed by atoms with van der Waals surface area (Å²) in [5.74, 6) is -1.85. The first-order chi connectivity index (χ1) is 6.15. The minimum Gasteiger partial charge on any atom is -0.486 e. The van der Waals surface area contributed by atoms with E-state index in [-0.39, 0.29) is 18.9 Å². The van der Waals surface area contributed by atoms with E-state index in [0.717, 1.165) is 12.1 Å². The molecule has 0 bridgehead atoms. The van der Waals surface area contributed by atoms with E-state index in [1.165, 1.54) is 0 Å². The van der Waals surface area contributed by atoms with Crippen LogP contribution in [0.1, 0.15) is 0 Å². The number of rotatable bonds is 3. The smallest absolute Gasteiger partial charge is 0.190 e. The van der Waals surface area contributed by atoms with Gasteiger partial charge in [0.1, 0.15) is 6.61 Å². The van der Waals surface area contributed by atoms with E-state index >= 15 is 0 Å². The van der Waals surface area contributed by atoms with Crippen molar-refractivity contribution in [3.8, 4) is 5.75 Å². The summed E-state index contributed by atoms with van der Waals surface area (Å²) in [6.45, 7) is 0.310. The Hall–Kier alpha value is -0.680. The topological polar surface area (TPSA) is 35.2 Å². The molecule has 0 saturated heterocycles. The van der Waals surface area contributed by atoms with Crippen LogP contribution in [0.4, 0.5) is 8.78 Å². The van der Waals surface area contributed by atoms with Crippen LogP contribution in [0.25, 0.3) is 0 Å². The number of hydrogen-bond acceptors (Lipinski definition) is 2. The summed E-state index contributed by atoms with van der Waals surface area (Å²) in [4.78, 5) is 0. The molecule has 2 N–H and O–H groups in total. The third-order valence-corrected chi connectivity index (χ3v) is 1.79. The van der Waals surface area contributed by atoms with Crippen molar-refractivity contribution < 1.29 is 13.5 Å². The molecule has 0 heterocycles. The van der Waals surface area contributed by atoms with Crippen LogP contribution in [0.5, 0.6) is 5.75 Å². The second-order valence-electron chi connectivity index (χ2n) is 2.34. The van der Waals surface area contributed by atoms with Crippen LogP contribution in [-0.2, 0) is 0 Å². The first-order valence-electron chi connectivity index (χ1n) is 3.62. The largest absolute Gasteiger partial charge is 0.486 e. The highest BCUT2D eigenvalue weighted by molar-refractivity contribution is 9.10. The molecule has 0 aliphatic rings. The summed E-state index contributed by atoms with van der Waals surface area (Å²) in [5.41, 5.74) is 5.13. The first kappa shape index (κ1) is 10.4. The van der Waals surface area contributed by atoms with Gasteiger partial charge in [0.2, 0.25) is 0 Å². The van der Waals surface area contributed by atoms with Crippen molar-refractivity contribution in [3.63, 3.8) is 0 Å². The zero-order valence-electron chi connectivity index (χ0n) is 6.69. The van der Waals surface area contributed by atoms with Crippen LogP contribution in [0.15, 0.2) is 16.6 Å². The van der Waals surface area contributed by atoms with Crippen LogP contribution >= 0.6 is 15.9 Å². The molecule has 2 nitrogen and oxygen atoms in total. The molecule has 0 amide bonds. The number of halogens is 3. The Morgan fingerprint density at radius 1 is 1.31 bits per heavy atom. The summed E-state index contributed by atoms with van der Waals surface area (Å²) in [7, 11) is 0. The Kier molecular flexibility index (Phi) is 3.62. The maximum Gasteiger partial charge on any atom is 0.190 e. The molecule has 0 aliphatic carbocycles. The van der Waals surface area contributed by atoms with Crippen molar-refractivity contribution >= 4 is 15.9 Å². The fourth-order valence-electron chi connectivity index (χ4n) is 0.828. The standard InChI is InChI=1S/C8H8BrF2NO/c9-5-3-6(10)8(7(11)4-5)13-2-1-12/h3-4H,1-2,12H2. The van der Waals surface area contributed by atoms with Gasteiger partial charge in [-0.05, 0) is 12.1 Å². The Morgan fingerprint density at radius 3 is 2.31 bits per heavy atom. The SMILES string of the molecule is NCCOc1c(F)cc(Br)cc1F. The lowest BCUT2D eigenvalue weighted by atomic mass is 10.3. The van der Waals surface area contributed by atoms with Gasteiger partial charge in [-0.2, -0.15) is 0 Å². The summed E-state index contributed by atoms with van der Waals surface area (Å²) >= 11 is 2.96. The van der Waals surface area contributed by atoms with Gasteiger partial charge >= 0.3 is 0 Å². The van der Waals surface area contributed by atoms with Crippen LogP contribution in [-0.4, -0.2) is 13.2 Å². The van der Waals surface area contributed by atoms with Crippen LogP contribution in [0.2, 0.25) is 0 Å². The molecule has 0 saturated carbocycles. The second-order valence-corrected chi connectivity index (χ2v) is 3.25. The predicted molar refractivity (Wildman–Crippen MR) is 48.6 cm³/mol. The monoisotopic (exact) mass is 251 g/mol. The van der Waals surface area contributed by atoms with Gasteiger partial charge in [0.05, 0.1) is 0 Å². The Morgan fingerprint density at radius 2 is 1.85 bits per heavy atom. The molecular formula is C8H8BrF2NO. The fraction of sp³-hybridized carbons (Fsp3) is 0.250. The van der Waals surface area contributed by atoms with Gasteiger partial charge in [-0.25, -0.2) is 8.78 Å². The number of ether oxygens (including phenoxy) is 1. The van der Waals surface area contributed by atoms with E-state index in [0.29, 0.717) is 4.47 Å². The molecule has 1 aromatic rings. The first-order valence-corrected chi connectivity index (χ1v) is 4.42. The van der Waals surface area contributed by atoms with E-state index in [1.807, 2.05) is 0 Å². The highest BCUT2D eigenvalue weighted by Crippen LogP contribution is 2.25. The Balaban J connectivity index is 2.92. The van der Waals surface area contributed by atoms with Gasteiger partial charge in [0.15, 0.2) is 17.4 Å².